The van der Waals surface area contributed by atoms with Gasteiger partial charge in [0.25, 0.3) is 5.56 Å². The van der Waals surface area contributed by atoms with Crippen molar-refractivity contribution in [3.8, 4) is 0 Å². The molecule has 0 radical (unpaired) electrons. The summed E-state index contributed by atoms with van der Waals surface area (Å²) in [5.41, 5.74) is 4.15. The minimum atomic E-state index is -0.600. The summed E-state index contributed by atoms with van der Waals surface area (Å²) in [6, 6.07) is 0. The van der Waals surface area contributed by atoms with Crippen molar-refractivity contribution < 1.29 is 0 Å². The largest absolute Gasteiger partial charge is 0.342 e. The lowest BCUT2D eigenvalue weighted by molar-refractivity contribution is 0.806. The summed E-state index contributed by atoms with van der Waals surface area (Å²) >= 11 is 1.21. The van der Waals surface area contributed by atoms with E-state index in [0.29, 0.717) is 12.3 Å². The number of nitrogens with zero attached hydrogens (tertiary/aromatic N) is 1. The summed E-state index contributed by atoms with van der Waals surface area (Å²) in [6.07, 6.45) is 0. The molecule has 7 heteroatoms. The standard InChI is InChI=1S/C5H8N4O2S/c6-1-2-12-4-3(10)7-5(11)9-8-4/h1-2,6H2,(H2,7,9,10,11). The Morgan fingerprint density at radius 2 is 2.25 bits per heavy atom. The first-order valence-electron chi connectivity index (χ1n) is 3.26. The SMILES string of the molecule is NCCSc1n[nH]c(=O)[nH]c1=O. The van der Waals surface area contributed by atoms with E-state index >= 15 is 0 Å². The van der Waals surface area contributed by atoms with Crippen LogP contribution in [0.3, 0.4) is 0 Å². The zero-order valence-corrected chi connectivity index (χ0v) is 6.98. The molecule has 0 saturated heterocycles. The molecule has 0 aliphatic heterocycles. The topological polar surface area (TPSA) is 105 Å². The number of hydrogen-bond donors (Lipinski definition) is 3. The van der Waals surface area contributed by atoms with Gasteiger partial charge >= 0.3 is 5.69 Å². The second kappa shape index (κ2) is 4.07. The van der Waals surface area contributed by atoms with E-state index in [1.807, 2.05) is 0 Å². The first-order valence-corrected chi connectivity index (χ1v) is 4.24. The number of thioether (sulfide) groups is 1. The van der Waals surface area contributed by atoms with Crippen LogP contribution in [0.4, 0.5) is 0 Å². The summed E-state index contributed by atoms with van der Waals surface area (Å²) in [4.78, 5) is 23.5. The van der Waals surface area contributed by atoms with E-state index in [9.17, 15) is 9.59 Å². The number of nitrogens with two attached hydrogens (primary N) is 1. The number of rotatable bonds is 3. The molecule has 1 heterocycles. The van der Waals surface area contributed by atoms with Crippen molar-refractivity contribution in [2.75, 3.05) is 12.3 Å². The van der Waals surface area contributed by atoms with Crippen LogP contribution in [0.25, 0.3) is 0 Å². The van der Waals surface area contributed by atoms with E-state index in [0.717, 1.165) is 0 Å². The third-order valence-corrected chi connectivity index (χ3v) is 2.03. The molecule has 0 bridgehead atoms. The van der Waals surface area contributed by atoms with E-state index in [1.165, 1.54) is 11.8 Å². The smallest absolute Gasteiger partial charge is 0.330 e. The molecule has 0 aliphatic carbocycles. The lowest BCUT2D eigenvalue weighted by Gasteiger charge is -1.94. The Bertz CT molecular complexity index is 357. The fraction of sp³-hybridized carbons (Fsp3) is 0.400. The highest BCUT2D eigenvalue weighted by Gasteiger charge is 2.00. The van der Waals surface area contributed by atoms with Crippen LogP contribution < -0.4 is 17.0 Å². The normalized spacial score (nSPS) is 10.1. The zero-order chi connectivity index (χ0) is 8.97. The van der Waals surface area contributed by atoms with Gasteiger partial charge in [0.05, 0.1) is 0 Å². The molecule has 0 spiro atoms. The van der Waals surface area contributed by atoms with Crippen LogP contribution in [-0.4, -0.2) is 27.5 Å². The number of hydrogen-bond acceptors (Lipinski definition) is 5. The molecule has 66 valence electrons. The third kappa shape index (κ3) is 2.21. The van der Waals surface area contributed by atoms with Crippen molar-refractivity contribution in [2.45, 2.75) is 5.03 Å². The Morgan fingerprint density at radius 3 is 2.83 bits per heavy atom. The first-order chi connectivity index (χ1) is 5.74. The van der Waals surface area contributed by atoms with E-state index in [-0.39, 0.29) is 5.03 Å². The van der Waals surface area contributed by atoms with Gasteiger partial charge in [-0.05, 0) is 0 Å². The molecule has 1 rings (SSSR count). The number of aromatic nitrogens is 3. The molecular weight excluding hydrogens is 180 g/mol. The second-order valence-electron chi connectivity index (χ2n) is 1.95. The lowest BCUT2D eigenvalue weighted by Crippen LogP contribution is -2.25. The molecular formula is C5H8N4O2S. The Balaban J connectivity index is 2.87. The fourth-order valence-electron chi connectivity index (χ4n) is 0.590. The van der Waals surface area contributed by atoms with Gasteiger partial charge in [0.2, 0.25) is 0 Å². The number of nitrogens with one attached hydrogen (secondary N) is 2. The minimum Gasteiger partial charge on any atom is -0.330 e. The summed E-state index contributed by atoms with van der Waals surface area (Å²) in [7, 11) is 0. The molecule has 0 saturated carbocycles. The van der Waals surface area contributed by atoms with Crippen molar-refractivity contribution in [3.05, 3.63) is 20.8 Å². The predicted molar refractivity (Wildman–Crippen MR) is 45.3 cm³/mol. The molecule has 1 aromatic heterocycles. The van der Waals surface area contributed by atoms with Gasteiger partial charge in [-0.25, -0.2) is 9.89 Å². The summed E-state index contributed by atoms with van der Waals surface area (Å²) in [5.74, 6) is 0.599. The Morgan fingerprint density at radius 1 is 1.50 bits per heavy atom. The molecule has 0 unspecified atom stereocenters. The summed E-state index contributed by atoms with van der Waals surface area (Å²) < 4.78 is 0. The summed E-state index contributed by atoms with van der Waals surface area (Å²) in [6.45, 7) is 0.463. The van der Waals surface area contributed by atoms with Crippen LogP contribution in [0.5, 0.6) is 0 Å². The van der Waals surface area contributed by atoms with Crippen molar-refractivity contribution >= 4 is 11.8 Å². The second-order valence-corrected chi connectivity index (χ2v) is 3.03. The van der Waals surface area contributed by atoms with Crippen LogP contribution in [0.15, 0.2) is 14.6 Å². The first kappa shape index (κ1) is 9.01. The molecule has 4 N–H and O–H groups in total. The van der Waals surface area contributed by atoms with Crippen LogP contribution in [-0.2, 0) is 0 Å². The third-order valence-electron chi connectivity index (χ3n) is 1.04. The Kier molecular flexibility index (Phi) is 3.06. The maximum Gasteiger partial charge on any atom is 0.342 e. The van der Waals surface area contributed by atoms with Crippen LogP contribution in [0, 0.1) is 0 Å². The van der Waals surface area contributed by atoms with Gasteiger partial charge in [-0.2, -0.15) is 5.10 Å². The predicted octanol–water partition coefficient (Wildman–Crippen LogP) is -1.49. The van der Waals surface area contributed by atoms with E-state index in [2.05, 4.69) is 15.2 Å². The Labute approximate surface area is 71.6 Å². The molecule has 0 aromatic carbocycles. The molecule has 0 aliphatic rings. The van der Waals surface area contributed by atoms with Gasteiger partial charge in [-0.3, -0.25) is 9.78 Å². The van der Waals surface area contributed by atoms with Crippen molar-refractivity contribution in [3.63, 3.8) is 0 Å². The van der Waals surface area contributed by atoms with Gasteiger partial charge in [-0.15, -0.1) is 0 Å². The van der Waals surface area contributed by atoms with Gasteiger partial charge in [0, 0.05) is 12.3 Å². The monoisotopic (exact) mass is 188 g/mol. The van der Waals surface area contributed by atoms with Crippen molar-refractivity contribution in [1.82, 2.24) is 15.2 Å². The summed E-state index contributed by atoms with van der Waals surface area (Å²) in [5, 5.41) is 5.90. The molecule has 0 amide bonds. The van der Waals surface area contributed by atoms with Crippen LogP contribution >= 0.6 is 11.8 Å². The van der Waals surface area contributed by atoms with E-state index in [4.69, 9.17) is 5.73 Å². The molecule has 6 nitrogen and oxygen atoms in total. The quantitative estimate of drug-likeness (QED) is 0.501. The molecule has 0 fully saturated rings. The van der Waals surface area contributed by atoms with Gasteiger partial charge in [0.1, 0.15) is 0 Å². The number of aromatic amines is 2. The fourth-order valence-corrected chi connectivity index (χ4v) is 1.19. The van der Waals surface area contributed by atoms with Gasteiger partial charge in [0.15, 0.2) is 5.03 Å². The highest BCUT2D eigenvalue weighted by molar-refractivity contribution is 7.99. The lowest BCUT2D eigenvalue weighted by atomic mass is 10.8. The Hall–Kier alpha value is -1.08. The highest BCUT2D eigenvalue weighted by atomic mass is 32.2. The maximum atomic E-state index is 10.9. The molecule has 12 heavy (non-hydrogen) atoms. The van der Waals surface area contributed by atoms with Crippen molar-refractivity contribution in [2.24, 2.45) is 5.73 Å². The zero-order valence-electron chi connectivity index (χ0n) is 6.16. The van der Waals surface area contributed by atoms with Crippen LogP contribution in [0.1, 0.15) is 0 Å². The number of H-pyrrole nitrogens is 2. The van der Waals surface area contributed by atoms with Gasteiger partial charge < -0.3 is 5.73 Å². The molecule has 1 aromatic rings. The van der Waals surface area contributed by atoms with E-state index < -0.39 is 11.2 Å². The van der Waals surface area contributed by atoms with Crippen LogP contribution in [0.2, 0.25) is 0 Å². The molecule has 0 atom stereocenters. The van der Waals surface area contributed by atoms with E-state index in [1.54, 1.807) is 0 Å². The van der Waals surface area contributed by atoms with Crippen molar-refractivity contribution in [1.29, 1.82) is 0 Å². The maximum absolute atomic E-state index is 10.9. The average Bonchev–Trinajstić information content (AvgIpc) is 2.03. The minimum absolute atomic E-state index is 0.236. The highest BCUT2D eigenvalue weighted by Crippen LogP contribution is 2.05. The van der Waals surface area contributed by atoms with Gasteiger partial charge in [-0.1, -0.05) is 11.8 Å². The average molecular weight is 188 g/mol.